The summed E-state index contributed by atoms with van der Waals surface area (Å²) in [5.41, 5.74) is 0. The van der Waals surface area contributed by atoms with Crippen LogP contribution in [0.1, 0.15) is 12.7 Å². The number of hydrogen-bond donors (Lipinski definition) is 1. The van der Waals surface area contributed by atoms with Gasteiger partial charge < -0.3 is 5.32 Å². The van der Waals surface area contributed by atoms with Crippen LogP contribution in [-0.2, 0) is 6.42 Å². The molecule has 4 heteroatoms. The summed E-state index contributed by atoms with van der Waals surface area (Å²) in [6.07, 6.45) is 2.63. The van der Waals surface area contributed by atoms with Gasteiger partial charge in [-0.05, 0) is 15.9 Å². The second kappa shape index (κ2) is 4.97. The van der Waals surface area contributed by atoms with Crippen molar-refractivity contribution >= 4 is 21.7 Å². The first-order chi connectivity index (χ1) is 6.26. The van der Waals surface area contributed by atoms with Gasteiger partial charge in [0, 0.05) is 19.0 Å². The molecule has 0 aliphatic rings. The maximum atomic E-state index is 4.29. The van der Waals surface area contributed by atoms with E-state index in [1.165, 1.54) is 0 Å². The summed E-state index contributed by atoms with van der Waals surface area (Å²) in [5, 5.41) is 3.11. The van der Waals surface area contributed by atoms with Crippen molar-refractivity contribution < 1.29 is 0 Å². The van der Waals surface area contributed by atoms with Crippen LogP contribution in [0.25, 0.3) is 0 Å². The van der Waals surface area contributed by atoms with Gasteiger partial charge in [-0.3, -0.25) is 0 Å². The molecule has 1 aromatic rings. The number of aromatic nitrogens is 2. The SMILES string of the molecule is C=CCNc1cc(Br)nc(CC)n1. The third-order valence-electron chi connectivity index (χ3n) is 1.48. The zero-order chi connectivity index (χ0) is 9.68. The number of nitrogens with zero attached hydrogens (tertiary/aromatic N) is 2. The Morgan fingerprint density at radius 3 is 3.00 bits per heavy atom. The molecule has 1 N–H and O–H groups in total. The minimum atomic E-state index is 0.715. The lowest BCUT2D eigenvalue weighted by molar-refractivity contribution is 0.927. The molecule has 0 saturated carbocycles. The summed E-state index contributed by atoms with van der Waals surface area (Å²) in [5.74, 6) is 1.67. The minimum absolute atomic E-state index is 0.715. The van der Waals surface area contributed by atoms with Gasteiger partial charge in [-0.25, -0.2) is 9.97 Å². The van der Waals surface area contributed by atoms with E-state index in [2.05, 4.69) is 37.8 Å². The van der Waals surface area contributed by atoms with E-state index >= 15 is 0 Å². The Kier molecular flexibility index (Phi) is 3.89. The van der Waals surface area contributed by atoms with E-state index in [0.717, 1.165) is 22.7 Å². The molecule has 1 aromatic heterocycles. The molecule has 0 fully saturated rings. The van der Waals surface area contributed by atoms with E-state index in [1.54, 1.807) is 6.08 Å². The first kappa shape index (κ1) is 10.2. The fraction of sp³-hybridized carbons (Fsp3) is 0.333. The van der Waals surface area contributed by atoms with Crippen LogP contribution in [0.5, 0.6) is 0 Å². The quantitative estimate of drug-likeness (QED) is 0.650. The molecule has 0 spiro atoms. The third-order valence-corrected chi connectivity index (χ3v) is 1.89. The van der Waals surface area contributed by atoms with Crippen LogP contribution >= 0.6 is 15.9 Å². The van der Waals surface area contributed by atoms with Gasteiger partial charge in [0.25, 0.3) is 0 Å². The molecular formula is C9H12BrN3. The predicted molar refractivity (Wildman–Crippen MR) is 57.8 cm³/mol. The van der Waals surface area contributed by atoms with Gasteiger partial charge >= 0.3 is 0 Å². The fourth-order valence-electron chi connectivity index (χ4n) is 0.890. The maximum Gasteiger partial charge on any atom is 0.131 e. The zero-order valence-corrected chi connectivity index (χ0v) is 9.13. The standard InChI is InChI=1S/C9H12BrN3/c1-3-5-11-9-6-7(10)12-8(4-2)13-9/h3,6H,1,4-5H2,2H3,(H,11,12,13). The maximum absolute atomic E-state index is 4.29. The number of rotatable bonds is 4. The molecule has 0 aromatic carbocycles. The van der Waals surface area contributed by atoms with Gasteiger partial charge in [-0.1, -0.05) is 13.0 Å². The fourth-order valence-corrected chi connectivity index (χ4v) is 1.31. The Bertz CT molecular complexity index is 299. The van der Waals surface area contributed by atoms with Gasteiger partial charge in [0.2, 0.25) is 0 Å². The summed E-state index contributed by atoms with van der Waals surface area (Å²) in [6.45, 7) is 6.36. The van der Waals surface area contributed by atoms with Crippen LogP contribution in [0.2, 0.25) is 0 Å². The van der Waals surface area contributed by atoms with Crippen LogP contribution in [0.15, 0.2) is 23.3 Å². The monoisotopic (exact) mass is 241 g/mol. The highest BCUT2D eigenvalue weighted by molar-refractivity contribution is 9.10. The van der Waals surface area contributed by atoms with Crippen molar-refractivity contribution in [1.29, 1.82) is 0 Å². The molecule has 0 amide bonds. The van der Waals surface area contributed by atoms with Crippen molar-refractivity contribution in [1.82, 2.24) is 9.97 Å². The van der Waals surface area contributed by atoms with Crippen molar-refractivity contribution in [2.75, 3.05) is 11.9 Å². The molecule has 0 radical (unpaired) electrons. The second-order valence-corrected chi connectivity index (χ2v) is 3.33. The highest BCUT2D eigenvalue weighted by atomic mass is 79.9. The number of nitrogens with one attached hydrogen (secondary N) is 1. The molecule has 0 bridgehead atoms. The first-order valence-corrected chi connectivity index (χ1v) is 4.93. The van der Waals surface area contributed by atoms with Crippen molar-refractivity contribution in [3.05, 3.63) is 29.1 Å². The van der Waals surface area contributed by atoms with Crippen molar-refractivity contribution in [2.24, 2.45) is 0 Å². The van der Waals surface area contributed by atoms with Crippen LogP contribution in [0.3, 0.4) is 0 Å². The third kappa shape index (κ3) is 3.14. The largest absolute Gasteiger partial charge is 0.366 e. The van der Waals surface area contributed by atoms with E-state index in [0.29, 0.717) is 6.54 Å². The smallest absolute Gasteiger partial charge is 0.131 e. The number of hydrogen-bond acceptors (Lipinski definition) is 3. The normalized spacial score (nSPS) is 9.69. The number of aryl methyl sites for hydroxylation is 1. The lowest BCUT2D eigenvalue weighted by atomic mass is 10.4. The van der Waals surface area contributed by atoms with Crippen molar-refractivity contribution in [3.8, 4) is 0 Å². The van der Waals surface area contributed by atoms with Gasteiger partial charge in [-0.15, -0.1) is 6.58 Å². The molecule has 0 atom stereocenters. The highest BCUT2D eigenvalue weighted by Crippen LogP contribution is 2.12. The summed E-state index contributed by atoms with van der Waals surface area (Å²) in [6, 6.07) is 1.85. The molecule has 0 saturated heterocycles. The van der Waals surface area contributed by atoms with Crippen LogP contribution in [0.4, 0.5) is 5.82 Å². The Labute approximate surface area is 86.4 Å². The van der Waals surface area contributed by atoms with E-state index in [1.807, 2.05) is 13.0 Å². The van der Waals surface area contributed by atoms with E-state index in [4.69, 9.17) is 0 Å². The molecular weight excluding hydrogens is 230 g/mol. The van der Waals surface area contributed by atoms with Crippen LogP contribution < -0.4 is 5.32 Å². The lowest BCUT2D eigenvalue weighted by Crippen LogP contribution is -2.03. The van der Waals surface area contributed by atoms with Crippen LogP contribution in [-0.4, -0.2) is 16.5 Å². The Morgan fingerprint density at radius 1 is 1.62 bits per heavy atom. The molecule has 0 aliphatic carbocycles. The van der Waals surface area contributed by atoms with Gasteiger partial charge in [0.15, 0.2) is 0 Å². The molecule has 1 heterocycles. The number of halogens is 1. The van der Waals surface area contributed by atoms with Crippen LogP contribution in [0, 0.1) is 0 Å². The van der Waals surface area contributed by atoms with E-state index in [9.17, 15) is 0 Å². The Hall–Kier alpha value is -0.900. The van der Waals surface area contributed by atoms with Crippen molar-refractivity contribution in [3.63, 3.8) is 0 Å². The van der Waals surface area contributed by atoms with E-state index < -0.39 is 0 Å². The summed E-state index contributed by atoms with van der Waals surface area (Å²) < 4.78 is 0.811. The predicted octanol–water partition coefficient (Wildman–Crippen LogP) is 2.40. The first-order valence-electron chi connectivity index (χ1n) is 4.14. The number of anilines is 1. The average molecular weight is 242 g/mol. The lowest BCUT2D eigenvalue weighted by Gasteiger charge is -2.04. The molecule has 13 heavy (non-hydrogen) atoms. The topological polar surface area (TPSA) is 37.8 Å². The van der Waals surface area contributed by atoms with Crippen molar-refractivity contribution in [2.45, 2.75) is 13.3 Å². The Morgan fingerprint density at radius 2 is 2.38 bits per heavy atom. The molecule has 3 nitrogen and oxygen atoms in total. The Balaban J connectivity index is 2.81. The molecule has 0 aliphatic heterocycles. The molecule has 1 rings (SSSR count). The second-order valence-electron chi connectivity index (χ2n) is 2.52. The van der Waals surface area contributed by atoms with Gasteiger partial charge in [0.1, 0.15) is 16.2 Å². The van der Waals surface area contributed by atoms with Gasteiger partial charge in [-0.2, -0.15) is 0 Å². The summed E-state index contributed by atoms with van der Waals surface area (Å²) >= 11 is 3.33. The summed E-state index contributed by atoms with van der Waals surface area (Å²) in [7, 11) is 0. The van der Waals surface area contributed by atoms with E-state index in [-0.39, 0.29) is 0 Å². The molecule has 70 valence electrons. The highest BCUT2D eigenvalue weighted by Gasteiger charge is 1.99. The average Bonchev–Trinajstić information content (AvgIpc) is 2.14. The van der Waals surface area contributed by atoms with Gasteiger partial charge in [0.05, 0.1) is 0 Å². The molecule has 0 unspecified atom stereocenters. The summed E-state index contributed by atoms with van der Waals surface area (Å²) in [4.78, 5) is 8.49. The minimum Gasteiger partial charge on any atom is -0.366 e. The zero-order valence-electron chi connectivity index (χ0n) is 7.55.